The van der Waals surface area contributed by atoms with E-state index < -0.39 is 29.7 Å². The molecule has 0 spiro atoms. The number of anilines is 1. The number of hydrogen-bond acceptors (Lipinski definition) is 10. The molecule has 0 bridgehead atoms. The molecule has 11 heteroatoms. The number of Topliss-reactive ketones (excluding diaryl/α,β-unsaturated/α-hetero) is 1. The van der Waals surface area contributed by atoms with Crippen molar-refractivity contribution in [3.8, 4) is 5.75 Å². The summed E-state index contributed by atoms with van der Waals surface area (Å²) in [6, 6.07) is 10.1. The Morgan fingerprint density at radius 1 is 1.05 bits per heavy atom. The van der Waals surface area contributed by atoms with Gasteiger partial charge in [-0.15, -0.1) is 0 Å². The second-order valence-electron chi connectivity index (χ2n) is 9.14. The minimum absolute atomic E-state index is 0.0200. The highest BCUT2D eigenvalue weighted by atomic mass is 32.1. The monoisotopic (exact) mass is 548 g/mol. The molecule has 3 heterocycles. The Labute approximate surface area is 227 Å². The van der Waals surface area contributed by atoms with E-state index in [0.717, 1.165) is 21.8 Å². The number of aromatic nitrogens is 1. The van der Waals surface area contributed by atoms with Crippen LogP contribution in [-0.2, 0) is 25.5 Å². The average molecular weight is 549 g/mol. The predicted molar refractivity (Wildman–Crippen MR) is 141 cm³/mol. The highest BCUT2D eigenvalue weighted by Crippen LogP contribution is 2.44. The highest BCUT2D eigenvalue weighted by molar-refractivity contribution is 7.17. The van der Waals surface area contributed by atoms with Gasteiger partial charge >= 0.3 is 17.8 Å². The Morgan fingerprint density at radius 2 is 1.72 bits per heavy atom. The molecule has 0 unspecified atom stereocenters. The van der Waals surface area contributed by atoms with Crippen molar-refractivity contribution in [1.29, 1.82) is 0 Å². The number of nitrogens with zero attached hydrogens (tertiary/aromatic N) is 2. The highest BCUT2D eigenvalue weighted by Gasteiger charge is 2.48. The van der Waals surface area contributed by atoms with Gasteiger partial charge in [-0.2, -0.15) is 0 Å². The largest absolute Gasteiger partial charge is 0.507 e. The summed E-state index contributed by atoms with van der Waals surface area (Å²) in [5, 5.41) is 11.5. The molecule has 3 aromatic rings. The number of fused-ring (bicyclic) bond motifs is 1. The molecule has 1 fully saturated rings. The zero-order chi connectivity index (χ0) is 28.0. The number of aryl methyl sites for hydroxylation is 1. The maximum Gasteiger partial charge on any atom is 0.350 e. The Hall–Kier alpha value is -4.51. The van der Waals surface area contributed by atoms with E-state index in [0.29, 0.717) is 29.0 Å². The molecular formula is C28H24N2O8S. The van der Waals surface area contributed by atoms with E-state index in [2.05, 4.69) is 4.98 Å². The van der Waals surface area contributed by atoms with Crippen LogP contribution in [0.4, 0.5) is 5.13 Å². The molecule has 2 aliphatic rings. The molecule has 2 aromatic carbocycles. The molecule has 0 saturated carbocycles. The van der Waals surface area contributed by atoms with Crippen LogP contribution in [0.2, 0.25) is 0 Å². The van der Waals surface area contributed by atoms with Gasteiger partial charge in [-0.3, -0.25) is 14.5 Å². The van der Waals surface area contributed by atoms with Crippen LogP contribution in [0.5, 0.6) is 5.75 Å². The minimum Gasteiger partial charge on any atom is -0.507 e. The van der Waals surface area contributed by atoms with E-state index in [-0.39, 0.29) is 33.0 Å². The van der Waals surface area contributed by atoms with Crippen LogP contribution in [0.15, 0.2) is 48.0 Å². The number of carbonyl (C=O) groups excluding carboxylic acids is 4. The fraction of sp³-hybridized carbons (Fsp3) is 0.250. The van der Waals surface area contributed by atoms with Crippen molar-refractivity contribution in [2.24, 2.45) is 0 Å². The van der Waals surface area contributed by atoms with Crippen LogP contribution >= 0.6 is 11.3 Å². The zero-order valence-corrected chi connectivity index (χ0v) is 22.3. The van der Waals surface area contributed by atoms with Crippen LogP contribution in [-0.4, -0.2) is 54.0 Å². The van der Waals surface area contributed by atoms with Crippen molar-refractivity contribution >= 4 is 45.9 Å². The van der Waals surface area contributed by atoms with E-state index in [1.54, 1.807) is 37.3 Å². The Morgan fingerprint density at radius 3 is 2.38 bits per heavy atom. The van der Waals surface area contributed by atoms with Gasteiger partial charge in [-0.25, -0.2) is 14.6 Å². The van der Waals surface area contributed by atoms with Gasteiger partial charge in [-0.05, 0) is 55.3 Å². The number of aliphatic hydroxyl groups is 1. The van der Waals surface area contributed by atoms with Crippen molar-refractivity contribution in [2.45, 2.75) is 32.4 Å². The van der Waals surface area contributed by atoms with E-state index in [4.69, 9.17) is 14.2 Å². The third kappa shape index (κ3) is 4.44. The molecule has 0 radical (unpaired) electrons. The van der Waals surface area contributed by atoms with Crippen molar-refractivity contribution in [3.63, 3.8) is 0 Å². The quantitative estimate of drug-likeness (QED) is 0.218. The van der Waals surface area contributed by atoms with Gasteiger partial charge in [0, 0.05) is 12.0 Å². The van der Waals surface area contributed by atoms with E-state index in [1.807, 2.05) is 6.92 Å². The molecule has 200 valence electrons. The number of ketones is 1. The smallest absolute Gasteiger partial charge is 0.350 e. The summed E-state index contributed by atoms with van der Waals surface area (Å²) in [7, 11) is 2.50. The number of thiazole rings is 1. The van der Waals surface area contributed by atoms with Gasteiger partial charge in [0.2, 0.25) is 0 Å². The SMILES string of the molecule is COC(=O)c1ccc([C@H]2/C(=C(\O)c3ccc4c(c3)C[C@H](C)O4)C(=O)C(=O)N2c2nc(C)c(C(=O)OC)s2)cc1. The zero-order valence-electron chi connectivity index (χ0n) is 21.5. The molecule has 10 nitrogen and oxygen atoms in total. The van der Waals surface area contributed by atoms with E-state index >= 15 is 0 Å². The van der Waals surface area contributed by atoms with Crippen molar-refractivity contribution in [1.82, 2.24) is 4.98 Å². The second-order valence-corrected chi connectivity index (χ2v) is 10.1. The van der Waals surface area contributed by atoms with Gasteiger partial charge in [0.25, 0.3) is 5.78 Å². The Bertz CT molecular complexity index is 1560. The molecule has 1 aromatic heterocycles. The summed E-state index contributed by atoms with van der Waals surface area (Å²) in [4.78, 5) is 56.8. The number of rotatable bonds is 5. The summed E-state index contributed by atoms with van der Waals surface area (Å²) in [5.74, 6) is -2.66. The maximum atomic E-state index is 13.5. The molecule has 2 aliphatic heterocycles. The number of methoxy groups -OCH3 is 2. The van der Waals surface area contributed by atoms with Crippen LogP contribution in [0.3, 0.4) is 0 Å². The first-order valence-electron chi connectivity index (χ1n) is 12.0. The van der Waals surface area contributed by atoms with Crippen LogP contribution in [0, 0.1) is 6.92 Å². The molecule has 1 saturated heterocycles. The van der Waals surface area contributed by atoms with Crippen LogP contribution < -0.4 is 9.64 Å². The van der Waals surface area contributed by atoms with Gasteiger partial charge in [-0.1, -0.05) is 23.5 Å². The number of esters is 2. The maximum absolute atomic E-state index is 13.5. The number of hydrogen-bond donors (Lipinski definition) is 1. The third-order valence-electron chi connectivity index (χ3n) is 6.62. The number of ether oxygens (including phenoxy) is 3. The molecule has 1 amide bonds. The van der Waals surface area contributed by atoms with Crippen LogP contribution in [0.25, 0.3) is 5.76 Å². The molecule has 2 atom stereocenters. The predicted octanol–water partition coefficient (Wildman–Crippen LogP) is 3.97. The number of benzene rings is 2. The van der Waals surface area contributed by atoms with Gasteiger partial charge < -0.3 is 19.3 Å². The fourth-order valence-electron chi connectivity index (χ4n) is 4.76. The molecular weight excluding hydrogens is 524 g/mol. The Balaban J connectivity index is 1.68. The van der Waals surface area contributed by atoms with E-state index in [1.165, 1.54) is 26.4 Å². The average Bonchev–Trinajstić information content (AvgIpc) is 3.59. The lowest BCUT2D eigenvalue weighted by Gasteiger charge is -2.23. The molecule has 1 N–H and O–H groups in total. The summed E-state index contributed by atoms with van der Waals surface area (Å²) >= 11 is 0.904. The second kappa shape index (κ2) is 9.99. The summed E-state index contributed by atoms with van der Waals surface area (Å²) < 4.78 is 15.3. The summed E-state index contributed by atoms with van der Waals surface area (Å²) in [6.45, 7) is 3.53. The number of amides is 1. The minimum atomic E-state index is -1.09. The van der Waals surface area contributed by atoms with E-state index in [9.17, 15) is 24.3 Å². The third-order valence-corrected chi connectivity index (χ3v) is 7.76. The first kappa shape index (κ1) is 26.1. The van der Waals surface area contributed by atoms with Crippen molar-refractivity contribution in [2.75, 3.05) is 19.1 Å². The molecule has 0 aliphatic carbocycles. The molecule has 39 heavy (non-hydrogen) atoms. The van der Waals surface area contributed by atoms with Gasteiger partial charge in [0.15, 0.2) is 5.13 Å². The lowest BCUT2D eigenvalue weighted by molar-refractivity contribution is -0.132. The Kier molecular flexibility index (Phi) is 6.69. The number of aliphatic hydroxyl groups excluding tert-OH is 1. The van der Waals surface area contributed by atoms with Gasteiger partial charge in [0.05, 0.1) is 37.1 Å². The fourth-order valence-corrected chi connectivity index (χ4v) is 5.77. The van der Waals surface area contributed by atoms with Crippen molar-refractivity contribution in [3.05, 3.63) is 80.9 Å². The summed E-state index contributed by atoms with van der Waals surface area (Å²) in [5.41, 5.74) is 2.11. The standard InChI is InChI=1S/C28H24N2O8S/c1-13-11-18-12-17(9-10-19(18)38-13)22(31)20-21(15-5-7-16(8-6-15)26(34)36-3)30(25(33)23(20)32)28-29-14(2)24(39-28)27(35)37-4/h5-10,12-13,21,31H,11H2,1-4H3/b22-20+/t13-,21-/m0/s1. The van der Waals surface area contributed by atoms with Crippen LogP contribution in [0.1, 0.15) is 55.4 Å². The molecule has 5 rings (SSSR count). The van der Waals surface area contributed by atoms with Gasteiger partial charge in [0.1, 0.15) is 22.5 Å². The first-order chi connectivity index (χ1) is 18.6. The topological polar surface area (TPSA) is 132 Å². The normalized spacial score (nSPS) is 19.5. The summed E-state index contributed by atoms with van der Waals surface area (Å²) in [6.07, 6.45) is 0.617. The van der Waals surface area contributed by atoms with Crippen molar-refractivity contribution < 1.29 is 38.5 Å². The lowest BCUT2D eigenvalue weighted by atomic mass is 9.94. The number of carbonyl (C=O) groups is 4. The first-order valence-corrected chi connectivity index (χ1v) is 12.8. The lowest BCUT2D eigenvalue weighted by Crippen LogP contribution is -2.29.